The molecule has 0 radical (unpaired) electrons. The van der Waals surface area contributed by atoms with E-state index in [1.165, 1.54) is 20.8 Å². The highest BCUT2D eigenvalue weighted by Crippen LogP contribution is 2.18. The van der Waals surface area contributed by atoms with E-state index in [2.05, 4.69) is 4.79 Å². The highest BCUT2D eigenvalue weighted by molar-refractivity contribution is 8.31. The van der Waals surface area contributed by atoms with E-state index in [1.807, 2.05) is 0 Å². The van der Waals surface area contributed by atoms with Crippen molar-refractivity contribution in [3.05, 3.63) is 5.53 Å². The van der Waals surface area contributed by atoms with Crippen molar-refractivity contribution in [2.45, 2.75) is 25.5 Å². The SMILES string of the molecule is CC(C)(C)S(=O)(=O)C(=[N+]=[N-])S(C)(=O)=O. The molecule has 0 aromatic carbocycles. The van der Waals surface area contributed by atoms with Gasteiger partial charge in [-0.1, -0.05) is 0 Å². The molecule has 0 unspecified atom stereocenters. The maximum Gasteiger partial charge on any atom is 0.495 e. The van der Waals surface area contributed by atoms with Crippen molar-refractivity contribution in [2.24, 2.45) is 0 Å². The summed E-state index contributed by atoms with van der Waals surface area (Å²) in [6.45, 7) is 3.95. The average molecular weight is 240 g/mol. The van der Waals surface area contributed by atoms with E-state index in [0.29, 0.717) is 6.26 Å². The van der Waals surface area contributed by atoms with Crippen LogP contribution in [0.15, 0.2) is 0 Å². The van der Waals surface area contributed by atoms with Crippen LogP contribution in [0.3, 0.4) is 0 Å². The Morgan fingerprint density at radius 2 is 1.50 bits per heavy atom. The van der Waals surface area contributed by atoms with Crippen LogP contribution in [0.25, 0.3) is 5.53 Å². The number of sulfone groups is 2. The molecule has 0 fully saturated rings. The van der Waals surface area contributed by atoms with Gasteiger partial charge in [0.05, 0.1) is 11.0 Å². The second-order valence-electron chi connectivity index (χ2n) is 3.75. The van der Waals surface area contributed by atoms with E-state index in [4.69, 9.17) is 5.53 Å². The van der Waals surface area contributed by atoms with Gasteiger partial charge < -0.3 is 5.53 Å². The van der Waals surface area contributed by atoms with Crippen LogP contribution in [0.5, 0.6) is 0 Å². The molecule has 0 amide bonds. The van der Waals surface area contributed by atoms with Gasteiger partial charge in [0.25, 0.3) is 19.7 Å². The molecular formula is C6H12N2O4S2. The maximum atomic E-state index is 11.6. The predicted octanol–water partition coefficient (Wildman–Crippen LogP) is -0.170. The van der Waals surface area contributed by atoms with Gasteiger partial charge in [-0.15, -0.1) is 4.79 Å². The van der Waals surface area contributed by atoms with Gasteiger partial charge in [0.15, 0.2) is 0 Å². The molecule has 6 nitrogen and oxygen atoms in total. The molecule has 0 aromatic rings. The zero-order valence-electron chi connectivity index (χ0n) is 8.34. The Hall–Kier alpha value is -0.720. The standard InChI is InChI=1S/C6H12N2O4S2/c1-6(2,3)14(11,12)5(8-7)13(4,9)10/h1-4H3. The van der Waals surface area contributed by atoms with E-state index >= 15 is 0 Å². The molecule has 0 bridgehead atoms. The molecule has 0 aliphatic carbocycles. The van der Waals surface area contributed by atoms with E-state index in [-0.39, 0.29) is 0 Å². The third-order valence-electron chi connectivity index (χ3n) is 1.43. The van der Waals surface area contributed by atoms with Crippen LogP contribution >= 0.6 is 0 Å². The summed E-state index contributed by atoms with van der Waals surface area (Å²) in [7, 11) is -8.18. The first-order valence-electron chi connectivity index (χ1n) is 3.61. The van der Waals surface area contributed by atoms with Crippen molar-refractivity contribution >= 4 is 24.1 Å². The second-order valence-corrected chi connectivity index (χ2v) is 8.56. The Balaban J connectivity index is 5.94. The molecule has 0 rings (SSSR count). The molecular weight excluding hydrogens is 228 g/mol. The summed E-state index contributed by atoms with van der Waals surface area (Å²) < 4.78 is 42.6. The summed E-state index contributed by atoms with van der Waals surface area (Å²) in [6.07, 6.45) is 0.672. The van der Waals surface area contributed by atoms with Crippen LogP contribution in [0.2, 0.25) is 0 Å². The molecule has 0 heterocycles. The molecule has 0 atom stereocenters. The molecule has 0 aromatic heterocycles. The van der Waals surface area contributed by atoms with Crippen LogP contribution < -0.4 is 0 Å². The highest BCUT2D eigenvalue weighted by Gasteiger charge is 2.46. The molecule has 0 spiro atoms. The summed E-state index contributed by atoms with van der Waals surface area (Å²) in [4.78, 5) is 2.34. The number of hydrogen-bond donors (Lipinski definition) is 0. The Morgan fingerprint density at radius 1 is 1.14 bits per heavy atom. The first kappa shape index (κ1) is 13.3. The number of nitrogens with zero attached hydrogens (tertiary/aromatic N) is 2. The van der Waals surface area contributed by atoms with Crippen molar-refractivity contribution in [1.82, 2.24) is 0 Å². The first-order valence-corrected chi connectivity index (χ1v) is 6.99. The van der Waals surface area contributed by atoms with E-state index in [0.717, 1.165) is 0 Å². The topological polar surface area (TPSA) is 105 Å². The van der Waals surface area contributed by atoms with E-state index in [1.54, 1.807) is 0 Å². The molecule has 0 saturated carbocycles. The van der Waals surface area contributed by atoms with Gasteiger partial charge in [0.1, 0.15) is 0 Å². The van der Waals surface area contributed by atoms with Crippen LogP contribution in [0.1, 0.15) is 20.8 Å². The Morgan fingerprint density at radius 3 is 1.57 bits per heavy atom. The Kier molecular flexibility index (Phi) is 3.27. The number of rotatable bonds is 0. The summed E-state index contributed by atoms with van der Waals surface area (Å²) >= 11 is 0. The molecule has 8 heteroatoms. The van der Waals surface area contributed by atoms with Gasteiger partial charge in [-0.25, -0.2) is 16.8 Å². The monoisotopic (exact) mass is 240 g/mol. The van der Waals surface area contributed by atoms with Gasteiger partial charge in [0, 0.05) is 0 Å². The molecule has 0 saturated heterocycles. The Bertz CT molecular complexity index is 474. The predicted molar refractivity (Wildman–Crippen MR) is 52.1 cm³/mol. The maximum absolute atomic E-state index is 11.6. The van der Waals surface area contributed by atoms with Crippen molar-refractivity contribution in [3.8, 4) is 0 Å². The van der Waals surface area contributed by atoms with Gasteiger partial charge in [-0.05, 0) is 20.8 Å². The minimum Gasteiger partial charge on any atom is -0.359 e. The van der Waals surface area contributed by atoms with Crippen molar-refractivity contribution in [1.29, 1.82) is 0 Å². The molecule has 0 aliphatic rings. The second kappa shape index (κ2) is 3.45. The lowest BCUT2D eigenvalue weighted by molar-refractivity contribution is 0.00372. The van der Waals surface area contributed by atoms with Gasteiger partial charge in [-0.3, -0.25) is 0 Å². The minimum atomic E-state index is -4.13. The van der Waals surface area contributed by atoms with Crippen molar-refractivity contribution < 1.29 is 21.6 Å². The van der Waals surface area contributed by atoms with E-state index in [9.17, 15) is 16.8 Å². The molecule has 0 N–H and O–H groups in total. The molecule has 0 aliphatic heterocycles. The first-order chi connectivity index (χ1) is 5.94. The molecule has 14 heavy (non-hydrogen) atoms. The summed E-state index contributed by atoms with van der Waals surface area (Å²) in [6, 6.07) is 0. The van der Waals surface area contributed by atoms with Crippen molar-refractivity contribution in [3.63, 3.8) is 0 Å². The minimum absolute atomic E-state index is 0.672. The average Bonchev–Trinajstić information content (AvgIpc) is 1.80. The normalized spacial score (nSPS) is 13.4. The summed E-state index contributed by atoms with van der Waals surface area (Å²) in [5.41, 5.74) is 8.39. The highest BCUT2D eigenvalue weighted by atomic mass is 32.3. The zero-order chi connectivity index (χ0) is 11.8. The van der Waals surface area contributed by atoms with Crippen LogP contribution in [-0.4, -0.2) is 37.0 Å². The van der Waals surface area contributed by atoms with E-state index < -0.39 is 28.8 Å². The fourth-order valence-electron chi connectivity index (χ4n) is 0.589. The Labute approximate surface area is 83.4 Å². The lowest BCUT2D eigenvalue weighted by Crippen LogP contribution is -2.38. The third kappa shape index (κ3) is 2.40. The fraction of sp³-hybridized carbons (Fsp3) is 0.833. The summed E-state index contributed by atoms with van der Waals surface area (Å²) in [5.74, 6) is 0. The van der Waals surface area contributed by atoms with Gasteiger partial charge in [0.2, 0.25) is 0 Å². The van der Waals surface area contributed by atoms with Gasteiger partial charge >= 0.3 is 4.38 Å². The fourth-order valence-corrected chi connectivity index (χ4v) is 3.71. The van der Waals surface area contributed by atoms with Crippen LogP contribution in [0, 0.1) is 0 Å². The van der Waals surface area contributed by atoms with Crippen LogP contribution in [0.4, 0.5) is 0 Å². The quantitative estimate of drug-likeness (QED) is 0.253. The zero-order valence-corrected chi connectivity index (χ0v) is 9.98. The van der Waals surface area contributed by atoms with Crippen LogP contribution in [-0.2, 0) is 19.7 Å². The van der Waals surface area contributed by atoms with Crippen molar-refractivity contribution in [2.75, 3.05) is 6.26 Å². The van der Waals surface area contributed by atoms with Gasteiger partial charge in [-0.2, -0.15) is 0 Å². The lowest BCUT2D eigenvalue weighted by atomic mass is 10.3. The third-order valence-corrected chi connectivity index (χ3v) is 5.87. The lowest BCUT2D eigenvalue weighted by Gasteiger charge is -2.14. The molecule has 82 valence electrons. The summed E-state index contributed by atoms with van der Waals surface area (Å²) in [5, 5.41) is 0. The number of hydrogen-bond acceptors (Lipinski definition) is 4. The smallest absolute Gasteiger partial charge is 0.359 e. The largest absolute Gasteiger partial charge is 0.495 e.